The van der Waals surface area contributed by atoms with Crippen molar-refractivity contribution in [2.24, 2.45) is 23.5 Å². The maximum absolute atomic E-state index is 10.1. The molecule has 0 spiro atoms. The van der Waals surface area contributed by atoms with Crippen molar-refractivity contribution in [3.63, 3.8) is 0 Å². The van der Waals surface area contributed by atoms with Crippen LogP contribution in [0.2, 0.25) is 0 Å². The number of nitrogens with two attached hydrogens (primary N) is 1. The van der Waals surface area contributed by atoms with Crippen LogP contribution in [0.5, 0.6) is 17.4 Å². The molecule has 3 N–H and O–H groups in total. The molecule has 2 aromatic rings. The molecule has 0 amide bonds. The Bertz CT molecular complexity index is 1100. The van der Waals surface area contributed by atoms with Gasteiger partial charge in [-0.05, 0) is 74.0 Å². The fourth-order valence-electron chi connectivity index (χ4n) is 7.40. The average Bonchev–Trinajstić information content (AvgIpc) is 3.21. The number of rotatable bonds is 4. The van der Waals surface area contributed by atoms with Crippen molar-refractivity contribution >= 4 is 0 Å². The number of aromatic nitrogens is 2. The number of aromatic amines is 1. The zero-order chi connectivity index (χ0) is 22.0. The van der Waals surface area contributed by atoms with Crippen LogP contribution >= 0.6 is 0 Å². The van der Waals surface area contributed by atoms with Gasteiger partial charge < -0.3 is 19.9 Å². The van der Waals surface area contributed by atoms with Crippen LogP contribution in [0.25, 0.3) is 0 Å². The predicted molar refractivity (Wildman–Crippen MR) is 117 cm³/mol. The molecule has 4 bridgehead atoms. The van der Waals surface area contributed by atoms with Gasteiger partial charge in [-0.2, -0.15) is 5.26 Å². The van der Waals surface area contributed by atoms with Crippen molar-refractivity contribution in [1.82, 2.24) is 10.2 Å². The maximum atomic E-state index is 10.1. The largest absolute Gasteiger partial charge is 0.497 e. The van der Waals surface area contributed by atoms with Gasteiger partial charge in [-0.25, -0.2) is 0 Å². The van der Waals surface area contributed by atoms with Gasteiger partial charge in [0.25, 0.3) is 0 Å². The Labute approximate surface area is 187 Å². The summed E-state index contributed by atoms with van der Waals surface area (Å²) in [6.07, 6.45) is 7.63. The van der Waals surface area contributed by atoms with Crippen molar-refractivity contribution in [2.45, 2.75) is 49.9 Å². The lowest BCUT2D eigenvalue weighted by molar-refractivity contribution is -0.00768. The lowest BCUT2D eigenvalue weighted by Gasteiger charge is -2.56. The number of H-pyrrole nitrogens is 1. The molecule has 1 aliphatic heterocycles. The summed E-state index contributed by atoms with van der Waals surface area (Å²) < 4.78 is 16.9. The predicted octanol–water partition coefficient (Wildman–Crippen LogP) is 4.11. The summed E-state index contributed by atoms with van der Waals surface area (Å²) >= 11 is 0. The highest BCUT2D eigenvalue weighted by molar-refractivity contribution is 5.58. The number of hydrogen-bond donors (Lipinski definition) is 2. The van der Waals surface area contributed by atoms with Gasteiger partial charge in [0.15, 0.2) is 0 Å². The zero-order valence-corrected chi connectivity index (χ0v) is 18.5. The molecule has 7 nitrogen and oxygen atoms in total. The molecule has 2 heterocycles. The van der Waals surface area contributed by atoms with E-state index in [2.05, 4.69) is 16.3 Å². The molecule has 4 saturated carbocycles. The highest BCUT2D eigenvalue weighted by Gasteiger charge is 2.54. The highest BCUT2D eigenvalue weighted by atomic mass is 16.5. The Hall–Kier alpha value is -3.14. The number of fused-ring (bicyclic) bond motifs is 1. The fourth-order valence-corrected chi connectivity index (χ4v) is 7.40. The van der Waals surface area contributed by atoms with Crippen molar-refractivity contribution in [2.75, 3.05) is 14.2 Å². The second-order valence-corrected chi connectivity index (χ2v) is 10.1. The minimum Gasteiger partial charge on any atom is -0.497 e. The molecule has 1 aromatic heterocycles. The Balaban J connectivity index is 1.54. The number of benzene rings is 1. The third-order valence-corrected chi connectivity index (χ3v) is 8.21. The minimum absolute atomic E-state index is 0.0760. The molecule has 7 heteroatoms. The van der Waals surface area contributed by atoms with Gasteiger partial charge in [-0.15, -0.1) is 5.10 Å². The van der Waals surface area contributed by atoms with Crippen LogP contribution < -0.4 is 19.9 Å². The third-order valence-electron chi connectivity index (χ3n) is 8.21. The summed E-state index contributed by atoms with van der Waals surface area (Å²) in [5.74, 6) is 3.92. The summed E-state index contributed by atoms with van der Waals surface area (Å²) in [7, 11) is 3.25. The van der Waals surface area contributed by atoms with E-state index in [-0.39, 0.29) is 17.2 Å². The van der Waals surface area contributed by atoms with Crippen LogP contribution in [0.3, 0.4) is 0 Å². The van der Waals surface area contributed by atoms with Crippen molar-refractivity contribution in [3.8, 4) is 23.4 Å². The van der Waals surface area contributed by atoms with Crippen LogP contribution in [0.15, 0.2) is 29.7 Å². The molecule has 7 rings (SSSR count). The monoisotopic (exact) mass is 432 g/mol. The Morgan fingerprint density at radius 2 is 1.66 bits per heavy atom. The van der Waals surface area contributed by atoms with E-state index < -0.39 is 0 Å². The van der Waals surface area contributed by atoms with E-state index in [4.69, 9.17) is 19.9 Å². The quantitative estimate of drug-likeness (QED) is 0.753. The number of nitrogens with zero attached hydrogens (tertiary/aromatic N) is 2. The molecule has 4 fully saturated rings. The number of methoxy groups -OCH3 is 2. The zero-order valence-electron chi connectivity index (χ0n) is 18.5. The SMILES string of the molecule is COc1cc(OC)cc([C@@H]2C(C#N)=C(N)Oc3n[nH]c(C45CC6CC(CC(C6)C4)C5)c32)c1. The lowest BCUT2D eigenvalue weighted by atomic mass is 9.48. The number of nitrogens with one attached hydrogen (secondary N) is 1. The Kier molecular flexibility index (Phi) is 4.23. The van der Waals surface area contributed by atoms with Crippen LogP contribution in [-0.2, 0) is 5.41 Å². The highest BCUT2D eigenvalue weighted by Crippen LogP contribution is 2.62. The average molecular weight is 433 g/mol. The van der Waals surface area contributed by atoms with E-state index in [1.807, 2.05) is 18.2 Å². The normalized spacial score (nSPS) is 32.3. The molecule has 166 valence electrons. The second kappa shape index (κ2) is 6.93. The molecule has 0 saturated heterocycles. The number of nitriles is 1. The fraction of sp³-hybridized carbons (Fsp3) is 0.520. The van der Waals surface area contributed by atoms with Gasteiger partial charge >= 0.3 is 0 Å². The van der Waals surface area contributed by atoms with E-state index in [1.54, 1.807) is 14.2 Å². The van der Waals surface area contributed by atoms with E-state index in [1.165, 1.54) is 38.5 Å². The Morgan fingerprint density at radius 1 is 1.06 bits per heavy atom. The Morgan fingerprint density at radius 3 is 2.19 bits per heavy atom. The van der Waals surface area contributed by atoms with Crippen LogP contribution in [0.1, 0.15) is 61.3 Å². The van der Waals surface area contributed by atoms with Crippen LogP contribution in [0.4, 0.5) is 0 Å². The molecule has 32 heavy (non-hydrogen) atoms. The van der Waals surface area contributed by atoms with Gasteiger partial charge in [-0.1, -0.05) is 0 Å². The molecular formula is C25H28N4O3. The number of allylic oxidation sites excluding steroid dienone is 1. The molecule has 4 aliphatic carbocycles. The lowest BCUT2D eigenvalue weighted by Crippen LogP contribution is -2.49. The van der Waals surface area contributed by atoms with Crippen LogP contribution in [0, 0.1) is 29.1 Å². The van der Waals surface area contributed by atoms with Gasteiger partial charge in [0.1, 0.15) is 23.1 Å². The van der Waals surface area contributed by atoms with Crippen molar-refractivity contribution in [1.29, 1.82) is 5.26 Å². The molecular weight excluding hydrogens is 404 g/mol. The first-order chi connectivity index (χ1) is 15.5. The maximum Gasteiger partial charge on any atom is 0.244 e. The second-order valence-electron chi connectivity index (χ2n) is 10.1. The standard InChI is InChI=1S/C25H28N4O3/c1-30-17-6-16(7-18(8-17)31-2)20-19(12-26)23(27)32-24-21(20)22(28-29-24)25-9-13-3-14(10-25)5-15(4-13)11-25/h6-8,13-15,20H,3-5,9-11,27H2,1-2H3,(H,28,29)/t13?,14?,15?,20-,25?/m1/s1. The third kappa shape index (κ3) is 2.75. The van der Waals surface area contributed by atoms with Crippen molar-refractivity contribution in [3.05, 3.63) is 46.5 Å². The van der Waals surface area contributed by atoms with Crippen molar-refractivity contribution < 1.29 is 14.2 Å². The summed E-state index contributed by atoms with van der Waals surface area (Å²) in [6.45, 7) is 0. The van der Waals surface area contributed by atoms with Gasteiger partial charge in [0, 0.05) is 17.2 Å². The number of hydrogen-bond acceptors (Lipinski definition) is 6. The minimum atomic E-state index is -0.380. The summed E-state index contributed by atoms with van der Waals surface area (Å²) in [6, 6.07) is 8.04. The molecule has 0 radical (unpaired) electrons. The first-order valence-corrected chi connectivity index (χ1v) is 11.4. The van der Waals surface area contributed by atoms with E-state index in [9.17, 15) is 5.26 Å². The summed E-state index contributed by atoms with van der Waals surface area (Å²) in [4.78, 5) is 0. The number of ether oxygens (including phenoxy) is 3. The topological polar surface area (TPSA) is 106 Å². The van der Waals surface area contributed by atoms with Crippen LogP contribution in [-0.4, -0.2) is 24.4 Å². The van der Waals surface area contributed by atoms with Gasteiger partial charge in [0.05, 0.1) is 25.7 Å². The van der Waals surface area contributed by atoms with E-state index in [0.29, 0.717) is 23.0 Å². The van der Waals surface area contributed by atoms with E-state index in [0.717, 1.165) is 34.6 Å². The first kappa shape index (κ1) is 19.5. The summed E-state index contributed by atoms with van der Waals surface area (Å²) in [5, 5.41) is 18.0. The van der Waals surface area contributed by atoms with Gasteiger partial charge in [-0.3, -0.25) is 5.10 Å². The first-order valence-electron chi connectivity index (χ1n) is 11.4. The molecule has 0 unspecified atom stereocenters. The molecule has 5 aliphatic rings. The summed E-state index contributed by atoms with van der Waals surface area (Å²) in [5.41, 5.74) is 9.66. The van der Waals surface area contributed by atoms with Gasteiger partial charge in [0.2, 0.25) is 11.8 Å². The smallest absolute Gasteiger partial charge is 0.244 e. The molecule has 1 aromatic carbocycles. The van der Waals surface area contributed by atoms with E-state index >= 15 is 0 Å². The molecule has 1 atom stereocenters.